The van der Waals surface area contributed by atoms with Crippen molar-refractivity contribution in [3.05, 3.63) is 65.7 Å². The van der Waals surface area contributed by atoms with Gasteiger partial charge in [-0.2, -0.15) is 5.10 Å². The number of pyridine rings is 1. The minimum absolute atomic E-state index is 0.140. The molecule has 0 saturated carbocycles. The van der Waals surface area contributed by atoms with E-state index >= 15 is 0 Å². The van der Waals surface area contributed by atoms with Gasteiger partial charge in [-0.05, 0) is 42.2 Å². The molecule has 4 N–H and O–H groups in total. The average molecular weight is 435 g/mol. The number of aromatic amines is 1. The van der Waals surface area contributed by atoms with Gasteiger partial charge in [0.2, 0.25) is 0 Å². The van der Waals surface area contributed by atoms with Gasteiger partial charge < -0.3 is 15.7 Å². The number of aliphatic hydroxyl groups excluding tert-OH is 1. The highest BCUT2D eigenvalue weighted by atomic mass is 16.3. The normalized spacial score (nSPS) is 12.4. The molecule has 3 heterocycles. The monoisotopic (exact) mass is 434 g/mol. The van der Waals surface area contributed by atoms with E-state index in [4.69, 9.17) is 0 Å². The van der Waals surface area contributed by atoms with Crippen LogP contribution in [0.4, 0.5) is 0 Å². The lowest BCUT2D eigenvalue weighted by Gasteiger charge is -2.18. The Labute approximate surface area is 184 Å². The predicted octanol–water partition coefficient (Wildman–Crippen LogP) is 2.28. The number of imidazole rings is 1. The molecule has 9 nitrogen and oxygen atoms in total. The SMILES string of the molecule is CC(C)C[C@@H](CO)NC(=O)c1cnc2c(C(=O)NCc3ccc4[nH]ncc4c3)cccn12. The number of amides is 2. The van der Waals surface area contributed by atoms with Gasteiger partial charge in [-0.1, -0.05) is 19.9 Å². The third-order valence-corrected chi connectivity index (χ3v) is 5.28. The summed E-state index contributed by atoms with van der Waals surface area (Å²) in [7, 11) is 0. The van der Waals surface area contributed by atoms with E-state index in [0.29, 0.717) is 35.8 Å². The molecule has 0 unspecified atom stereocenters. The van der Waals surface area contributed by atoms with Gasteiger partial charge in [0.15, 0.2) is 0 Å². The fraction of sp³-hybridized carbons (Fsp3) is 0.304. The lowest BCUT2D eigenvalue weighted by Crippen LogP contribution is -2.38. The van der Waals surface area contributed by atoms with Crippen LogP contribution < -0.4 is 10.6 Å². The van der Waals surface area contributed by atoms with E-state index in [0.717, 1.165) is 16.5 Å². The maximum absolute atomic E-state index is 12.9. The second-order valence-corrected chi connectivity index (χ2v) is 8.22. The Morgan fingerprint density at radius 1 is 1.19 bits per heavy atom. The third kappa shape index (κ3) is 4.47. The van der Waals surface area contributed by atoms with Crippen molar-refractivity contribution >= 4 is 28.4 Å². The first-order valence-corrected chi connectivity index (χ1v) is 10.5. The molecule has 166 valence electrons. The number of hydrogen-bond acceptors (Lipinski definition) is 5. The molecule has 32 heavy (non-hydrogen) atoms. The van der Waals surface area contributed by atoms with Crippen molar-refractivity contribution < 1.29 is 14.7 Å². The number of rotatable bonds is 8. The van der Waals surface area contributed by atoms with Crippen LogP contribution in [0.2, 0.25) is 0 Å². The van der Waals surface area contributed by atoms with E-state index in [1.807, 2.05) is 32.0 Å². The number of hydrogen-bond donors (Lipinski definition) is 4. The summed E-state index contributed by atoms with van der Waals surface area (Å²) in [5, 5.41) is 23.2. The number of aliphatic hydroxyl groups is 1. The van der Waals surface area contributed by atoms with Crippen LogP contribution in [0.1, 0.15) is 46.7 Å². The lowest BCUT2D eigenvalue weighted by molar-refractivity contribution is 0.0900. The summed E-state index contributed by atoms with van der Waals surface area (Å²) in [6, 6.07) is 8.85. The summed E-state index contributed by atoms with van der Waals surface area (Å²) in [5.74, 6) is -0.296. The Balaban J connectivity index is 1.50. The highest BCUT2D eigenvalue weighted by molar-refractivity contribution is 6.01. The van der Waals surface area contributed by atoms with Gasteiger partial charge in [0.25, 0.3) is 11.8 Å². The first-order chi connectivity index (χ1) is 15.5. The molecule has 0 bridgehead atoms. The van der Waals surface area contributed by atoms with Gasteiger partial charge in [-0.3, -0.25) is 19.1 Å². The van der Waals surface area contributed by atoms with E-state index in [9.17, 15) is 14.7 Å². The Hall–Kier alpha value is -3.72. The molecule has 4 aromatic rings. The average Bonchev–Trinajstić information content (AvgIpc) is 3.42. The zero-order valence-corrected chi connectivity index (χ0v) is 18.0. The summed E-state index contributed by atoms with van der Waals surface area (Å²) in [6.45, 7) is 4.27. The van der Waals surface area contributed by atoms with Crippen LogP contribution in [-0.2, 0) is 6.54 Å². The van der Waals surface area contributed by atoms with Gasteiger partial charge in [-0.15, -0.1) is 0 Å². The minimum Gasteiger partial charge on any atom is -0.394 e. The van der Waals surface area contributed by atoms with Crippen LogP contribution in [0.3, 0.4) is 0 Å². The van der Waals surface area contributed by atoms with Crippen LogP contribution in [0.5, 0.6) is 0 Å². The van der Waals surface area contributed by atoms with Crippen molar-refractivity contribution in [2.75, 3.05) is 6.61 Å². The summed E-state index contributed by atoms with van der Waals surface area (Å²) >= 11 is 0. The van der Waals surface area contributed by atoms with Crippen LogP contribution >= 0.6 is 0 Å². The topological polar surface area (TPSA) is 124 Å². The molecule has 0 aliphatic rings. The zero-order chi connectivity index (χ0) is 22.7. The second kappa shape index (κ2) is 9.19. The summed E-state index contributed by atoms with van der Waals surface area (Å²) in [6.07, 6.45) is 5.54. The highest BCUT2D eigenvalue weighted by Crippen LogP contribution is 2.15. The number of nitrogens with one attached hydrogen (secondary N) is 3. The molecular weight excluding hydrogens is 408 g/mol. The van der Waals surface area contributed by atoms with Crippen molar-refractivity contribution in [1.29, 1.82) is 0 Å². The van der Waals surface area contributed by atoms with Crippen molar-refractivity contribution in [3.63, 3.8) is 0 Å². The van der Waals surface area contributed by atoms with Gasteiger partial charge in [0, 0.05) is 18.1 Å². The molecule has 2 amide bonds. The first kappa shape index (κ1) is 21.5. The molecule has 3 aromatic heterocycles. The molecule has 0 aliphatic carbocycles. The summed E-state index contributed by atoms with van der Waals surface area (Å²) in [5.41, 5.74) is 2.96. The largest absolute Gasteiger partial charge is 0.394 e. The molecule has 9 heteroatoms. The van der Waals surface area contributed by atoms with Gasteiger partial charge in [0.1, 0.15) is 11.3 Å². The molecule has 0 aliphatic heterocycles. The number of aromatic nitrogens is 4. The Morgan fingerprint density at radius 3 is 2.81 bits per heavy atom. The highest BCUT2D eigenvalue weighted by Gasteiger charge is 2.20. The number of fused-ring (bicyclic) bond motifs is 2. The first-order valence-electron chi connectivity index (χ1n) is 10.5. The molecule has 0 saturated heterocycles. The summed E-state index contributed by atoms with van der Waals surface area (Å²) < 4.78 is 1.59. The quantitative estimate of drug-likeness (QED) is 0.339. The molecule has 1 aromatic carbocycles. The zero-order valence-electron chi connectivity index (χ0n) is 18.0. The van der Waals surface area contributed by atoms with Gasteiger partial charge >= 0.3 is 0 Å². The molecule has 4 rings (SSSR count). The minimum atomic E-state index is -0.344. The fourth-order valence-electron chi connectivity index (χ4n) is 3.74. The fourth-order valence-corrected chi connectivity index (χ4v) is 3.74. The number of H-pyrrole nitrogens is 1. The standard InChI is InChI=1S/C23H26N6O3/c1-14(2)8-17(13-30)27-23(32)20-12-24-21-18(4-3-7-29(20)21)22(31)25-10-15-5-6-19-16(9-15)11-26-28-19/h3-7,9,11-12,14,17,30H,8,10,13H2,1-2H3,(H,25,31)(H,26,28)(H,27,32)/t17-/m0/s1. The number of benzene rings is 1. The van der Waals surface area contributed by atoms with E-state index in [-0.39, 0.29) is 24.5 Å². The van der Waals surface area contributed by atoms with E-state index in [2.05, 4.69) is 25.8 Å². The Kier molecular flexibility index (Phi) is 6.18. The Bertz CT molecular complexity index is 1260. The molecular formula is C23H26N6O3. The number of carbonyl (C=O) groups is 2. The molecule has 1 atom stereocenters. The second-order valence-electron chi connectivity index (χ2n) is 8.22. The maximum Gasteiger partial charge on any atom is 0.270 e. The molecule has 0 fully saturated rings. The predicted molar refractivity (Wildman–Crippen MR) is 120 cm³/mol. The molecule has 0 radical (unpaired) electrons. The lowest BCUT2D eigenvalue weighted by atomic mass is 10.0. The van der Waals surface area contributed by atoms with Gasteiger partial charge in [0.05, 0.1) is 36.1 Å². The van der Waals surface area contributed by atoms with Crippen LogP contribution in [0.25, 0.3) is 16.6 Å². The van der Waals surface area contributed by atoms with Crippen LogP contribution in [-0.4, -0.2) is 49.2 Å². The van der Waals surface area contributed by atoms with Crippen molar-refractivity contribution in [2.45, 2.75) is 32.9 Å². The summed E-state index contributed by atoms with van der Waals surface area (Å²) in [4.78, 5) is 29.9. The van der Waals surface area contributed by atoms with E-state index < -0.39 is 0 Å². The van der Waals surface area contributed by atoms with Gasteiger partial charge in [-0.25, -0.2) is 4.98 Å². The van der Waals surface area contributed by atoms with Crippen molar-refractivity contribution in [1.82, 2.24) is 30.2 Å². The smallest absolute Gasteiger partial charge is 0.270 e. The van der Waals surface area contributed by atoms with E-state index in [1.165, 1.54) is 6.20 Å². The Morgan fingerprint density at radius 2 is 2.03 bits per heavy atom. The van der Waals surface area contributed by atoms with Crippen LogP contribution in [0.15, 0.2) is 48.9 Å². The van der Waals surface area contributed by atoms with E-state index in [1.54, 1.807) is 28.9 Å². The van der Waals surface area contributed by atoms with Crippen molar-refractivity contribution in [3.8, 4) is 0 Å². The molecule has 0 spiro atoms. The van der Waals surface area contributed by atoms with Crippen molar-refractivity contribution in [2.24, 2.45) is 5.92 Å². The number of carbonyl (C=O) groups excluding carboxylic acids is 2. The number of nitrogens with zero attached hydrogens (tertiary/aromatic N) is 3. The third-order valence-electron chi connectivity index (χ3n) is 5.28. The van der Waals surface area contributed by atoms with Crippen LogP contribution in [0, 0.1) is 5.92 Å². The maximum atomic E-state index is 12.9.